The summed E-state index contributed by atoms with van der Waals surface area (Å²) in [6.45, 7) is 6.23. The van der Waals surface area contributed by atoms with Gasteiger partial charge in [0.2, 0.25) is 5.91 Å². The standard InChI is InChI=1S/C16H24N2OS/c1-12(13-2-6-17-7-3-13)10-16(19)18-8-4-15-14(11-18)5-9-20-15/h5,9,12-13,17H,2-4,6-8,10-11H2,1H3. The number of nitrogens with zero attached hydrogens (tertiary/aromatic N) is 1. The average Bonchev–Trinajstić information content (AvgIpc) is 2.95. The van der Waals surface area contributed by atoms with Gasteiger partial charge in [0.15, 0.2) is 0 Å². The first-order valence-electron chi connectivity index (χ1n) is 7.78. The molecule has 4 heteroatoms. The van der Waals surface area contributed by atoms with Crippen LogP contribution in [0.4, 0.5) is 0 Å². The normalized spacial score (nSPS) is 21.6. The van der Waals surface area contributed by atoms with Crippen LogP contribution < -0.4 is 5.32 Å². The highest BCUT2D eigenvalue weighted by Crippen LogP contribution is 2.28. The lowest BCUT2D eigenvalue weighted by Gasteiger charge is -2.31. The minimum atomic E-state index is 0.355. The summed E-state index contributed by atoms with van der Waals surface area (Å²) in [4.78, 5) is 16.0. The Kier molecular flexibility index (Phi) is 4.41. The van der Waals surface area contributed by atoms with Crippen LogP contribution in [-0.2, 0) is 17.8 Å². The van der Waals surface area contributed by atoms with Crippen molar-refractivity contribution in [2.24, 2.45) is 11.8 Å². The van der Waals surface area contributed by atoms with Gasteiger partial charge in [-0.2, -0.15) is 0 Å². The van der Waals surface area contributed by atoms with Crippen molar-refractivity contribution in [2.75, 3.05) is 19.6 Å². The molecule has 0 aliphatic carbocycles. The Morgan fingerprint density at radius 2 is 2.30 bits per heavy atom. The lowest BCUT2D eigenvalue weighted by molar-refractivity contribution is -0.133. The summed E-state index contributed by atoms with van der Waals surface area (Å²) < 4.78 is 0. The Hall–Kier alpha value is -0.870. The van der Waals surface area contributed by atoms with Gasteiger partial charge in [-0.25, -0.2) is 0 Å². The van der Waals surface area contributed by atoms with Crippen LogP contribution in [0.5, 0.6) is 0 Å². The van der Waals surface area contributed by atoms with E-state index < -0.39 is 0 Å². The highest BCUT2D eigenvalue weighted by Gasteiger charge is 2.26. The van der Waals surface area contributed by atoms with Crippen LogP contribution in [-0.4, -0.2) is 30.4 Å². The van der Waals surface area contributed by atoms with Crippen molar-refractivity contribution >= 4 is 17.2 Å². The third kappa shape index (κ3) is 3.07. The van der Waals surface area contributed by atoms with Crippen molar-refractivity contribution in [3.8, 4) is 0 Å². The van der Waals surface area contributed by atoms with Gasteiger partial charge in [-0.15, -0.1) is 11.3 Å². The third-order valence-electron chi connectivity index (χ3n) is 4.85. The number of hydrogen-bond acceptors (Lipinski definition) is 3. The molecule has 2 aliphatic heterocycles. The summed E-state index contributed by atoms with van der Waals surface area (Å²) in [5.41, 5.74) is 1.36. The number of amides is 1. The molecule has 1 fully saturated rings. The molecule has 1 N–H and O–H groups in total. The molecule has 1 amide bonds. The predicted molar refractivity (Wildman–Crippen MR) is 82.8 cm³/mol. The first-order chi connectivity index (χ1) is 9.74. The smallest absolute Gasteiger partial charge is 0.223 e. The number of carbonyl (C=O) groups excluding carboxylic acids is 1. The van der Waals surface area contributed by atoms with E-state index >= 15 is 0 Å². The zero-order valence-electron chi connectivity index (χ0n) is 12.2. The Morgan fingerprint density at radius 3 is 3.10 bits per heavy atom. The van der Waals surface area contributed by atoms with Crippen molar-refractivity contribution < 1.29 is 4.79 Å². The number of carbonyl (C=O) groups is 1. The van der Waals surface area contributed by atoms with Gasteiger partial charge in [-0.3, -0.25) is 4.79 Å². The number of thiophene rings is 1. The second-order valence-corrected chi connectivity index (χ2v) is 7.20. The van der Waals surface area contributed by atoms with Crippen molar-refractivity contribution in [1.29, 1.82) is 0 Å². The van der Waals surface area contributed by atoms with Gasteiger partial charge in [0, 0.05) is 24.4 Å². The van der Waals surface area contributed by atoms with Crippen LogP contribution in [0.2, 0.25) is 0 Å². The quantitative estimate of drug-likeness (QED) is 0.929. The van der Waals surface area contributed by atoms with Gasteiger partial charge in [-0.1, -0.05) is 6.92 Å². The Balaban J connectivity index is 1.54. The number of piperidine rings is 1. The van der Waals surface area contributed by atoms with Crippen molar-refractivity contribution in [3.63, 3.8) is 0 Å². The fourth-order valence-corrected chi connectivity index (χ4v) is 4.34. The van der Waals surface area contributed by atoms with Crippen molar-refractivity contribution in [2.45, 2.75) is 39.2 Å². The van der Waals surface area contributed by atoms with Crippen LogP contribution in [0.25, 0.3) is 0 Å². The molecule has 1 aromatic rings. The molecule has 1 saturated heterocycles. The van der Waals surface area contributed by atoms with Gasteiger partial charge in [0.1, 0.15) is 0 Å². The summed E-state index contributed by atoms with van der Waals surface area (Å²) >= 11 is 1.83. The molecule has 1 unspecified atom stereocenters. The predicted octanol–water partition coefficient (Wildman–Crippen LogP) is 2.66. The zero-order chi connectivity index (χ0) is 13.9. The maximum absolute atomic E-state index is 12.5. The summed E-state index contributed by atoms with van der Waals surface area (Å²) in [7, 11) is 0. The van der Waals surface area contributed by atoms with Gasteiger partial charge < -0.3 is 10.2 Å². The molecular weight excluding hydrogens is 268 g/mol. The summed E-state index contributed by atoms with van der Waals surface area (Å²) in [5.74, 6) is 1.60. The maximum atomic E-state index is 12.5. The van der Waals surface area contributed by atoms with E-state index in [1.165, 1.54) is 23.3 Å². The molecule has 0 bridgehead atoms. The first kappa shape index (κ1) is 14.1. The first-order valence-corrected chi connectivity index (χ1v) is 8.65. The fourth-order valence-electron chi connectivity index (χ4n) is 3.45. The molecule has 0 radical (unpaired) electrons. The van der Waals surface area contributed by atoms with E-state index in [9.17, 15) is 4.79 Å². The lowest BCUT2D eigenvalue weighted by atomic mass is 9.84. The van der Waals surface area contributed by atoms with Crippen LogP contribution in [0.3, 0.4) is 0 Å². The monoisotopic (exact) mass is 292 g/mol. The van der Waals surface area contributed by atoms with Gasteiger partial charge in [-0.05, 0) is 61.2 Å². The van der Waals surface area contributed by atoms with Gasteiger partial charge in [0.25, 0.3) is 0 Å². The van der Waals surface area contributed by atoms with Crippen LogP contribution in [0.1, 0.15) is 36.6 Å². The Morgan fingerprint density at radius 1 is 1.50 bits per heavy atom. The molecule has 0 saturated carbocycles. The number of nitrogens with one attached hydrogen (secondary N) is 1. The molecule has 110 valence electrons. The number of rotatable bonds is 3. The number of fused-ring (bicyclic) bond motifs is 1. The maximum Gasteiger partial charge on any atom is 0.223 e. The highest BCUT2D eigenvalue weighted by atomic mass is 32.1. The topological polar surface area (TPSA) is 32.3 Å². The molecule has 2 aliphatic rings. The number of hydrogen-bond donors (Lipinski definition) is 1. The second-order valence-electron chi connectivity index (χ2n) is 6.20. The van der Waals surface area contributed by atoms with E-state index in [1.807, 2.05) is 11.3 Å². The van der Waals surface area contributed by atoms with E-state index in [0.29, 0.717) is 11.8 Å². The lowest BCUT2D eigenvalue weighted by Crippen LogP contribution is -2.38. The van der Waals surface area contributed by atoms with E-state index in [2.05, 4.69) is 28.6 Å². The molecule has 3 nitrogen and oxygen atoms in total. The SMILES string of the molecule is CC(CC(=O)N1CCc2sccc2C1)C1CCNCC1. The molecule has 0 aromatic carbocycles. The molecule has 0 spiro atoms. The Labute approximate surface area is 125 Å². The zero-order valence-corrected chi connectivity index (χ0v) is 13.0. The van der Waals surface area contributed by atoms with Crippen LogP contribution in [0, 0.1) is 11.8 Å². The second kappa shape index (κ2) is 6.27. The van der Waals surface area contributed by atoms with Crippen molar-refractivity contribution in [1.82, 2.24) is 10.2 Å². The Bertz CT molecular complexity index is 465. The summed E-state index contributed by atoms with van der Waals surface area (Å²) in [6.07, 6.45) is 4.22. The van der Waals surface area contributed by atoms with Crippen molar-refractivity contribution in [3.05, 3.63) is 21.9 Å². The van der Waals surface area contributed by atoms with E-state index in [-0.39, 0.29) is 0 Å². The largest absolute Gasteiger partial charge is 0.338 e. The van der Waals surface area contributed by atoms with E-state index in [4.69, 9.17) is 0 Å². The molecular formula is C16H24N2OS. The molecule has 1 aromatic heterocycles. The summed E-state index contributed by atoms with van der Waals surface area (Å²) in [5, 5.41) is 5.55. The molecule has 20 heavy (non-hydrogen) atoms. The third-order valence-corrected chi connectivity index (χ3v) is 5.87. The molecule has 3 heterocycles. The average molecular weight is 292 g/mol. The highest BCUT2D eigenvalue weighted by molar-refractivity contribution is 7.10. The van der Waals surface area contributed by atoms with Gasteiger partial charge >= 0.3 is 0 Å². The minimum Gasteiger partial charge on any atom is -0.338 e. The van der Waals surface area contributed by atoms with E-state index in [1.54, 1.807) is 0 Å². The van der Waals surface area contributed by atoms with Crippen LogP contribution >= 0.6 is 11.3 Å². The summed E-state index contributed by atoms with van der Waals surface area (Å²) in [6, 6.07) is 2.18. The minimum absolute atomic E-state index is 0.355. The fraction of sp³-hybridized carbons (Fsp3) is 0.688. The molecule has 1 atom stereocenters. The van der Waals surface area contributed by atoms with Crippen LogP contribution in [0.15, 0.2) is 11.4 Å². The molecule has 3 rings (SSSR count). The van der Waals surface area contributed by atoms with Gasteiger partial charge in [0.05, 0.1) is 0 Å². The van der Waals surface area contributed by atoms with E-state index in [0.717, 1.165) is 44.9 Å².